The van der Waals surface area contributed by atoms with E-state index in [1.807, 2.05) is 14.1 Å². The van der Waals surface area contributed by atoms with Crippen LogP contribution in [0.15, 0.2) is 24.3 Å². The van der Waals surface area contributed by atoms with Crippen LogP contribution in [-0.2, 0) is 10.3 Å². The highest BCUT2D eigenvalue weighted by Crippen LogP contribution is 2.36. The van der Waals surface area contributed by atoms with E-state index in [9.17, 15) is 0 Å². The smallest absolute Gasteiger partial charge is 0.140 e. The van der Waals surface area contributed by atoms with Crippen LogP contribution in [0.2, 0.25) is 0 Å². The maximum atomic E-state index is 5.78. The molecule has 0 radical (unpaired) electrons. The first-order valence-electron chi connectivity index (χ1n) is 8.66. The van der Waals surface area contributed by atoms with Crippen LogP contribution in [0.3, 0.4) is 0 Å². The lowest BCUT2D eigenvalue weighted by Gasteiger charge is -2.33. The molecule has 0 aliphatic rings. The van der Waals surface area contributed by atoms with Crippen molar-refractivity contribution in [2.75, 3.05) is 33.9 Å². The van der Waals surface area contributed by atoms with Crippen LogP contribution < -0.4 is 4.74 Å². The van der Waals surface area contributed by atoms with Gasteiger partial charge in [0.25, 0.3) is 0 Å². The van der Waals surface area contributed by atoms with Gasteiger partial charge in [-0.3, -0.25) is 0 Å². The van der Waals surface area contributed by atoms with Gasteiger partial charge in [-0.15, -0.1) is 0 Å². The van der Waals surface area contributed by atoms with E-state index in [1.54, 1.807) is 0 Å². The van der Waals surface area contributed by atoms with E-state index in [2.05, 4.69) is 65.8 Å². The molecule has 0 saturated carbocycles. The minimum absolute atomic E-state index is 0.169. The second-order valence-corrected chi connectivity index (χ2v) is 8.72. The molecule has 1 rings (SSSR count). The molecule has 0 unspecified atom stereocenters. The second-order valence-electron chi connectivity index (χ2n) is 8.72. The first-order chi connectivity index (χ1) is 10.5. The molecule has 0 fully saturated rings. The molecular weight excluding hydrogens is 286 g/mol. The number of hydrogen-bond acceptors (Lipinski definition) is 2. The van der Waals surface area contributed by atoms with E-state index in [0.29, 0.717) is 23.3 Å². The fourth-order valence-electron chi connectivity index (χ4n) is 2.97. The molecule has 0 aromatic heterocycles. The highest BCUT2D eigenvalue weighted by molar-refractivity contribution is 5.31. The topological polar surface area (TPSA) is 18.5 Å². The Morgan fingerprint density at radius 1 is 0.913 bits per heavy atom. The highest BCUT2D eigenvalue weighted by atomic mass is 16.7. The largest absolute Gasteiger partial charge is 0.491 e. The van der Waals surface area contributed by atoms with Crippen molar-refractivity contribution in [2.45, 2.75) is 53.4 Å². The fraction of sp³-hybridized carbons (Fsp3) is 0.700. The van der Waals surface area contributed by atoms with Gasteiger partial charge in [0, 0.05) is 0 Å². The Morgan fingerprint density at radius 2 is 1.48 bits per heavy atom. The third-order valence-electron chi connectivity index (χ3n) is 4.16. The Hall–Kier alpha value is -1.06. The molecule has 0 aliphatic carbocycles. The molecule has 0 bridgehead atoms. The van der Waals surface area contributed by atoms with Crippen molar-refractivity contribution in [3.05, 3.63) is 29.8 Å². The maximum absolute atomic E-state index is 5.78. The molecule has 0 aliphatic heterocycles. The number of quaternary nitrogens is 1. The molecule has 0 saturated heterocycles. The summed E-state index contributed by atoms with van der Waals surface area (Å²) in [5.74, 6) is 0.908. The lowest BCUT2D eigenvalue weighted by molar-refractivity contribution is -1.08. The third kappa shape index (κ3) is 7.36. The summed E-state index contributed by atoms with van der Waals surface area (Å²) < 4.78 is 6.34. The van der Waals surface area contributed by atoms with Gasteiger partial charge in [0.1, 0.15) is 25.5 Å². The van der Waals surface area contributed by atoms with Crippen LogP contribution in [0, 0.1) is 5.41 Å². The van der Waals surface area contributed by atoms with Gasteiger partial charge in [0.2, 0.25) is 0 Å². The van der Waals surface area contributed by atoms with E-state index >= 15 is 0 Å². The molecule has 0 spiro atoms. The number of rotatable bonds is 8. The van der Waals surface area contributed by atoms with Crippen LogP contribution in [-0.4, -0.2) is 38.5 Å². The lowest BCUT2D eigenvalue weighted by atomic mass is 9.72. The molecule has 3 heteroatoms. The average Bonchev–Trinajstić information content (AvgIpc) is 2.42. The lowest BCUT2D eigenvalue weighted by Crippen LogP contribution is -2.40. The normalized spacial score (nSPS) is 13.2. The standard InChI is InChI=1S/C20H36NO2/c1-9-21(7,8)23-15-14-22-18-12-10-17(11-13-18)20(5,6)16-19(2,3)4/h10-13H,9,14-16H2,1-8H3/q+1. The van der Waals surface area contributed by atoms with Crippen LogP contribution in [0.25, 0.3) is 0 Å². The SMILES string of the molecule is CC[N+](C)(C)OCCOc1ccc(C(C)(C)CC(C)(C)C)cc1. The molecule has 3 nitrogen and oxygen atoms in total. The summed E-state index contributed by atoms with van der Waals surface area (Å²) in [5, 5.41) is 0. The molecule has 0 atom stereocenters. The zero-order valence-electron chi connectivity index (χ0n) is 16.4. The number of hydroxylamine groups is 3. The fourth-order valence-corrected chi connectivity index (χ4v) is 2.97. The molecule has 23 heavy (non-hydrogen) atoms. The van der Waals surface area contributed by atoms with Gasteiger partial charge >= 0.3 is 0 Å². The van der Waals surface area contributed by atoms with Crippen molar-refractivity contribution in [3.8, 4) is 5.75 Å². The molecule has 0 amide bonds. The van der Waals surface area contributed by atoms with Crippen molar-refractivity contribution in [3.63, 3.8) is 0 Å². The van der Waals surface area contributed by atoms with E-state index in [4.69, 9.17) is 9.57 Å². The summed E-state index contributed by atoms with van der Waals surface area (Å²) in [6.45, 7) is 15.7. The van der Waals surface area contributed by atoms with Crippen LogP contribution in [0.4, 0.5) is 0 Å². The van der Waals surface area contributed by atoms with Gasteiger partial charge < -0.3 is 4.74 Å². The van der Waals surface area contributed by atoms with Gasteiger partial charge in [0.15, 0.2) is 0 Å². The highest BCUT2D eigenvalue weighted by Gasteiger charge is 2.27. The van der Waals surface area contributed by atoms with Gasteiger partial charge in [-0.2, -0.15) is 9.48 Å². The number of benzene rings is 1. The van der Waals surface area contributed by atoms with Gasteiger partial charge in [-0.1, -0.05) is 46.8 Å². The summed E-state index contributed by atoms with van der Waals surface area (Å²) in [6.07, 6.45) is 1.15. The Balaban J connectivity index is 2.54. The Kier molecular flexibility index (Phi) is 6.67. The minimum Gasteiger partial charge on any atom is -0.491 e. The van der Waals surface area contributed by atoms with Gasteiger partial charge in [-0.25, -0.2) is 0 Å². The van der Waals surface area contributed by atoms with E-state index in [-0.39, 0.29) is 5.41 Å². The van der Waals surface area contributed by atoms with E-state index in [0.717, 1.165) is 18.7 Å². The van der Waals surface area contributed by atoms with Crippen molar-refractivity contribution >= 4 is 0 Å². The molecule has 0 heterocycles. The summed E-state index contributed by atoms with van der Waals surface area (Å²) >= 11 is 0. The third-order valence-corrected chi connectivity index (χ3v) is 4.16. The summed E-state index contributed by atoms with van der Waals surface area (Å²) in [7, 11) is 4.10. The number of hydrogen-bond donors (Lipinski definition) is 0. The zero-order valence-corrected chi connectivity index (χ0v) is 16.4. The maximum Gasteiger partial charge on any atom is 0.140 e. The Labute approximate surface area is 143 Å². The molecule has 1 aromatic rings. The minimum atomic E-state index is 0.169. The van der Waals surface area contributed by atoms with Crippen molar-refractivity contribution in [1.82, 2.24) is 0 Å². The van der Waals surface area contributed by atoms with Crippen molar-refractivity contribution in [2.24, 2.45) is 5.41 Å². The summed E-state index contributed by atoms with van der Waals surface area (Å²) in [5.41, 5.74) is 1.85. The quantitative estimate of drug-likeness (QED) is 0.388. The molecular formula is C20H36NO2+. The number of nitrogens with zero attached hydrogens (tertiary/aromatic N) is 1. The van der Waals surface area contributed by atoms with Crippen molar-refractivity contribution in [1.29, 1.82) is 0 Å². The van der Waals surface area contributed by atoms with Gasteiger partial charge in [0.05, 0.1) is 14.1 Å². The Bertz CT molecular complexity index is 469. The molecule has 132 valence electrons. The summed E-state index contributed by atoms with van der Waals surface area (Å²) in [4.78, 5) is 5.75. The monoisotopic (exact) mass is 322 g/mol. The van der Waals surface area contributed by atoms with Crippen molar-refractivity contribution < 1.29 is 14.2 Å². The average molecular weight is 323 g/mol. The first kappa shape index (κ1) is 20.0. The first-order valence-corrected chi connectivity index (χ1v) is 8.66. The predicted octanol–water partition coefficient (Wildman–Crippen LogP) is 4.81. The Morgan fingerprint density at radius 3 is 1.96 bits per heavy atom. The molecule has 0 N–H and O–H groups in total. The van der Waals surface area contributed by atoms with Gasteiger partial charge in [-0.05, 0) is 41.9 Å². The van der Waals surface area contributed by atoms with E-state index in [1.165, 1.54) is 5.56 Å². The van der Waals surface area contributed by atoms with Crippen LogP contribution in [0.5, 0.6) is 5.75 Å². The van der Waals surface area contributed by atoms with Crippen LogP contribution in [0.1, 0.15) is 53.5 Å². The molecule has 1 aromatic carbocycles. The van der Waals surface area contributed by atoms with Crippen LogP contribution >= 0.6 is 0 Å². The zero-order chi connectivity index (χ0) is 17.7. The second kappa shape index (κ2) is 7.67. The summed E-state index contributed by atoms with van der Waals surface area (Å²) in [6, 6.07) is 8.51. The predicted molar refractivity (Wildman–Crippen MR) is 97.6 cm³/mol. The number of ether oxygens (including phenoxy) is 1. The van der Waals surface area contributed by atoms with E-state index < -0.39 is 0 Å².